The second-order valence-corrected chi connectivity index (χ2v) is 6.23. The minimum Gasteiger partial charge on any atom is -0.481 e. The van der Waals surface area contributed by atoms with Gasteiger partial charge in [0.25, 0.3) is 0 Å². The maximum Gasteiger partial charge on any atom is 0.306 e. The van der Waals surface area contributed by atoms with E-state index in [1.54, 1.807) is 0 Å². The Kier molecular flexibility index (Phi) is 8.35. The van der Waals surface area contributed by atoms with Crippen molar-refractivity contribution < 1.29 is 14.7 Å². The van der Waals surface area contributed by atoms with Crippen LogP contribution in [0.3, 0.4) is 0 Å². The molecule has 1 aliphatic rings. The van der Waals surface area contributed by atoms with Crippen LogP contribution in [0.1, 0.15) is 65.2 Å². The second kappa shape index (κ2) is 9.77. The number of hydrogen-bond acceptors (Lipinski definition) is 3. The number of unbranched alkanes of at least 4 members (excludes halogenated alkanes) is 2. The second-order valence-electron chi connectivity index (χ2n) is 6.23. The van der Waals surface area contributed by atoms with Crippen LogP contribution in [0.5, 0.6) is 0 Å². The maximum absolute atomic E-state index is 11.8. The molecule has 0 radical (unpaired) electrons. The minimum atomic E-state index is -0.688. The molecule has 3 N–H and O–H groups in total. The van der Waals surface area contributed by atoms with Gasteiger partial charge in [-0.25, -0.2) is 0 Å². The van der Waals surface area contributed by atoms with Crippen molar-refractivity contribution in [2.75, 3.05) is 6.54 Å². The lowest BCUT2D eigenvalue weighted by Gasteiger charge is -2.27. The fourth-order valence-corrected chi connectivity index (χ4v) is 2.88. The zero-order valence-corrected chi connectivity index (χ0v) is 13.4. The first kappa shape index (κ1) is 18.0. The predicted molar refractivity (Wildman–Crippen MR) is 83.1 cm³/mol. The summed E-state index contributed by atoms with van der Waals surface area (Å²) in [5.74, 6) is -0.845. The van der Waals surface area contributed by atoms with Gasteiger partial charge in [-0.2, -0.15) is 0 Å². The van der Waals surface area contributed by atoms with Crippen LogP contribution in [-0.4, -0.2) is 35.6 Å². The number of rotatable bonds is 9. The first-order valence-corrected chi connectivity index (χ1v) is 8.28. The van der Waals surface area contributed by atoms with Crippen LogP contribution in [0.15, 0.2) is 0 Å². The van der Waals surface area contributed by atoms with Gasteiger partial charge in [0.1, 0.15) is 0 Å². The fraction of sp³-hybridized carbons (Fsp3) is 0.875. The highest BCUT2D eigenvalue weighted by Crippen LogP contribution is 2.24. The number of carboxylic acids is 1. The lowest BCUT2D eigenvalue weighted by atomic mass is 9.86. The standard InChI is InChI=1S/C16H30N2O3/c1-3-4-5-6-12(2)18-15(19)11-17-14-9-7-13(8-10-14)16(20)21/h12-14,17H,3-11H2,1-2H3,(H,18,19)(H,20,21). The summed E-state index contributed by atoms with van der Waals surface area (Å²) >= 11 is 0. The van der Waals surface area contributed by atoms with Crippen LogP contribution < -0.4 is 10.6 Å². The summed E-state index contributed by atoms with van der Waals surface area (Å²) in [6.45, 7) is 4.55. The SMILES string of the molecule is CCCCCC(C)NC(=O)CNC1CCC(C(=O)O)CC1. The Morgan fingerprint density at radius 3 is 2.43 bits per heavy atom. The quantitative estimate of drug-likeness (QED) is 0.571. The van der Waals surface area contributed by atoms with Crippen molar-refractivity contribution in [1.82, 2.24) is 10.6 Å². The summed E-state index contributed by atoms with van der Waals surface area (Å²) in [4.78, 5) is 22.7. The van der Waals surface area contributed by atoms with Gasteiger partial charge in [-0.3, -0.25) is 9.59 Å². The van der Waals surface area contributed by atoms with Crippen LogP contribution in [0, 0.1) is 5.92 Å². The molecule has 1 saturated carbocycles. The van der Waals surface area contributed by atoms with E-state index in [1.165, 1.54) is 12.8 Å². The van der Waals surface area contributed by atoms with Crippen molar-refractivity contribution in [1.29, 1.82) is 0 Å². The smallest absolute Gasteiger partial charge is 0.306 e. The Labute approximate surface area is 127 Å². The molecule has 0 aromatic rings. The van der Waals surface area contributed by atoms with Gasteiger partial charge in [0.2, 0.25) is 5.91 Å². The van der Waals surface area contributed by atoms with E-state index in [2.05, 4.69) is 17.6 Å². The molecule has 21 heavy (non-hydrogen) atoms. The van der Waals surface area contributed by atoms with Crippen molar-refractivity contribution in [3.05, 3.63) is 0 Å². The average molecular weight is 298 g/mol. The molecule has 1 rings (SSSR count). The molecule has 0 heterocycles. The van der Waals surface area contributed by atoms with Crippen molar-refractivity contribution in [3.63, 3.8) is 0 Å². The molecular weight excluding hydrogens is 268 g/mol. The third-order valence-electron chi connectivity index (χ3n) is 4.28. The number of nitrogens with one attached hydrogen (secondary N) is 2. The van der Waals surface area contributed by atoms with Gasteiger partial charge < -0.3 is 15.7 Å². The van der Waals surface area contributed by atoms with E-state index in [4.69, 9.17) is 5.11 Å². The Morgan fingerprint density at radius 1 is 1.19 bits per heavy atom. The van der Waals surface area contributed by atoms with Gasteiger partial charge in [-0.05, 0) is 39.0 Å². The highest BCUT2D eigenvalue weighted by molar-refractivity contribution is 5.78. The van der Waals surface area contributed by atoms with Gasteiger partial charge in [0.05, 0.1) is 12.5 Å². The Hall–Kier alpha value is -1.10. The summed E-state index contributed by atoms with van der Waals surface area (Å²) in [5.41, 5.74) is 0. The maximum atomic E-state index is 11.8. The van der Waals surface area contributed by atoms with E-state index < -0.39 is 5.97 Å². The van der Waals surface area contributed by atoms with Gasteiger partial charge >= 0.3 is 5.97 Å². The lowest BCUT2D eigenvalue weighted by Crippen LogP contribution is -2.43. The molecule has 0 bridgehead atoms. The third-order valence-corrected chi connectivity index (χ3v) is 4.28. The van der Waals surface area contributed by atoms with Crippen LogP contribution in [0.2, 0.25) is 0 Å². The number of hydrogen-bond donors (Lipinski definition) is 3. The molecule has 0 aromatic carbocycles. The van der Waals surface area contributed by atoms with E-state index in [-0.39, 0.29) is 23.9 Å². The molecule has 1 fully saturated rings. The van der Waals surface area contributed by atoms with Crippen LogP contribution in [0.25, 0.3) is 0 Å². The minimum absolute atomic E-state index is 0.0411. The first-order chi connectivity index (χ1) is 10.0. The lowest BCUT2D eigenvalue weighted by molar-refractivity contribution is -0.143. The first-order valence-electron chi connectivity index (χ1n) is 8.28. The van der Waals surface area contributed by atoms with Gasteiger partial charge in [-0.15, -0.1) is 0 Å². The van der Waals surface area contributed by atoms with Crippen molar-refractivity contribution in [2.24, 2.45) is 5.92 Å². The average Bonchev–Trinajstić information content (AvgIpc) is 2.46. The van der Waals surface area contributed by atoms with E-state index in [9.17, 15) is 9.59 Å². The number of aliphatic carboxylic acids is 1. The molecule has 0 aliphatic heterocycles. The van der Waals surface area contributed by atoms with E-state index in [1.807, 2.05) is 6.92 Å². The molecule has 1 atom stereocenters. The van der Waals surface area contributed by atoms with Crippen molar-refractivity contribution in [3.8, 4) is 0 Å². The highest BCUT2D eigenvalue weighted by Gasteiger charge is 2.25. The normalized spacial score (nSPS) is 23.5. The van der Waals surface area contributed by atoms with Gasteiger partial charge in [0, 0.05) is 12.1 Å². The summed E-state index contributed by atoms with van der Waals surface area (Å²) < 4.78 is 0. The van der Waals surface area contributed by atoms with E-state index >= 15 is 0 Å². The molecule has 5 nitrogen and oxygen atoms in total. The summed E-state index contributed by atoms with van der Waals surface area (Å²) in [6, 6.07) is 0.510. The predicted octanol–water partition coefficient (Wildman–Crippen LogP) is 2.30. The third kappa shape index (κ3) is 7.46. The zero-order chi connectivity index (χ0) is 15.7. The number of amides is 1. The van der Waals surface area contributed by atoms with Gasteiger partial charge in [-0.1, -0.05) is 26.2 Å². The monoisotopic (exact) mass is 298 g/mol. The number of carbonyl (C=O) groups excluding carboxylic acids is 1. The summed E-state index contributed by atoms with van der Waals surface area (Å²) in [5, 5.41) is 15.2. The molecule has 5 heteroatoms. The van der Waals surface area contributed by atoms with Crippen molar-refractivity contribution in [2.45, 2.75) is 77.3 Å². The topological polar surface area (TPSA) is 78.4 Å². The zero-order valence-electron chi connectivity index (χ0n) is 13.4. The highest BCUT2D eigenvalue weighted by atomic mass is 16.4. The number of carbonyl (C=O) groups is 2. The Morgan fingerprint density at radius 2 is 1.86 bits per heavy atom. The molecule has 0 spiro atoms. The van der Waals surface area contributed by atoms with Crippen LogP contribution in [0.4, 0.5) is 0 Å². The van der Waals surface area contributed by atoms with Gasteiger partial charge in [0.15, 0.2) is 0 Å². The molecule has 0 aromatic heterocycles. The van der Waals surface area contributed by atoms with Crippen LogP contribution >= 0.6 is 0 Å². The molecule has 122 valence electrons. The number of carboxylic acid groups (broad SMARTS) is 1. The van der Waals surface area contributed by atoms with Crippen LogP contribution in [-0.2, 0) is 9.59 Å². The fourth-order valence-electron chi connectivity index (χ4n) is 2.88. The Balaban J connectivity index is 2.12. The molecule has 0 saturated heterocycles. The van der Waals surface area contributed by atoms with E-state index in [0.717, 1.165) is 25.7 Å². The summed E-state index contributed by atoms with van der Waals surface area (Å²) in [6.07, 6.45) is 7.71. The van der Waals surface area contributed by atoms with E-state index in [0.29, 0.717) is 19.4 Å². The summed E-state index contributed by atoms with van der Waals surface area (Å²) in [7, 11) is 0. The molecule has 1 unspecified atom stereocenters. The largest absolute Gasteiger partial charge is 0.481 e. The Bertz CT molecular complexity index is 325. The molecule has 1 amide bonds. The molecule has 1 aliphatic carbocycles. The van der Waals surface area contributed by atoms with Crippen molar-refractivity contribution >= 4 is 11.9 Å². The molecular formula is C16H30N2O3.